The Labute approximate surface area is 111 Å². The van der Waals surface area contributed by atoms with Crippen molar-refractivity contribution < 1.29 is 18.3 Å². The van der Waals surface area contributed by atoms with Crippen LogP contribution in [0, 0.1) is 18.8 Å². The van der Waals surface area contributed by atoms with Crippen molar-refractivity contribution in [3.63, 3.8) is 0 Å². The molecule has 0 heterocycles. The van der Waals surface area contributed by atoms with Gasteiger partial charge in [-0.15, -0.1) is 0 Å². The molecule has 1 nitrogen and oxygen atoms in total. The minimum absolute atomic E-state index is 0.0402. The lowest BCUT2D eigenvalue weighted by Crippen LogP contribution is -2.31. The summed E-state index contributed by atoms with van der Waals surface area (Å²) in [5.41, 5.74) is 1.80. The Morgan fingerprint density at radius 1 is 1.16 bits per heavy atom. The predicted molar refractivity (Wildman–Crippen MR) is 67.6 cm³/mol. The molecule has 1 aromatic rings. The first-order valence-electron chi connectivity index (χ1n) is 6.69. The summed E-state index contributed by atoms with van der Waals surface area (Å²) in [6, 6.07) is 7.36. The van der Waals surface area contributed by atoms with Crippen LogP contribution in [0.25, 0.3) is 0 Å². The van der Waals surface area contributed by atoms with Crippen molar-refractivity contribution in [1.29, 1.82) is 0 Å². The lowest BCUT2D eigenvalue weighted by atomic mass is 9.77. The molecule has 0 radical (unpaired) electrons. The van der Waals surface area contributed by atoms with Crippen LogP contribution in [-0.4, -0.2) is 11.3 Å². The summed E-state index contributed by atoms with van der Waals surface area (Å²) >= 11 is 0. The van der Waals surface area contributed by atoms with E-state index in [9.17, 15) is 18.3 Å². The zero-order chi connectivity index (χ0) is 14.0. The minimum Gasteiger partial charge on any atom is -0.388 e. The number of halogens is 3. The van der Waals surface area contributed by atoms with Gasteiger partial charge in [-0.25, -0.2) is 0 Å². The Bertz CT molecular complexity index is 410. The number of hydrogen-bond acceptors (Lipinski definition) is 1. The number of rotatable bonds is 2. The fraction of sp³-hybridized carbons (Fsp3) is 0.600. The first-order chi connectivity index (χ1) is 8.88. The van der Waals surface area contributed by atoms with Gasteiger partial charge in [0.25, 0.3) is 0 Å². The second kappa shape index (κ2) is 5.53. The molecule has 2 rings (SSSR count). The standard InChI is InChI=1S/C15H19F3O/c1-10-5-7-11(8-6-10)14(19)12-3-2-4-13(9-12)15(16,17)18/h5-8,12-14,19H,2-4,9H2,1H3. The monoisotopic (exact) mass is 272 g/mol. The maximum Gasteiger partial charge on any atom is 0.391 e. The number of hydrogen-bond donors (Lipinski definition) is 1. The van der Waals surface area contributed by atoms with E-state index in [1.807, 2.05) is 19.1 Å². The maximum atomic E-state index is 12.8. The molecule has 0 spiro atoms. The summed E-state index contributed by atoms with van der Waals surface area (Å²) in [5.74, 6) is -1.55. The highest BCUT2D eigenvalue weighted by atomic mass is 19.4. The molecule has 0 bridgehead atoms. The summed E-state index contributed by atoms with van der Waals surface area (Å²) in [7, 11) is 0. The van der Waals surface area contributed by atoms with Gasteiger partial charge in [0, 0.05) is 0 Å². The summed E-state index contributed by atoms with van der Waals surface area (Å²) in [6.07, 6.45) is -3.48. The Morgan fingerprint density at radius 3 is 2.37 bits per heavy atom. The highest BCUT2D eigenvalue weighted by Crippen LogP contribution is 2.43. The fourth-order valence-electron chi connectivity index (χ4n) is 2.85. The van der Waals surface area contributed by atoms with E-state index in [1.54, 1.807) is 12.1 Å². The van der Waals surface area contributed by atoms with Gasteiger partial charge < -0.3 is 5.11 Å². The molecule has 1 aliphatic carbocycles. The zero-order valence-corrected chi connectivity index (χ0v) is 11.0. The first kappa shape index (κ1) is 14.4. The average Bonchev–Trinajstić information content (AvgIpc) is 2.38. The summed E-state index contributed by atoms with van der Waals surface area (Å²) < 4.78 is 38.3. The Hall–Kier alpha value is -1.03. The van der Waals surface area contributed by atoms with E-state index in [0.29, 0.717) is 12.8 Å². The van der Waals surface area contributed by atoms with E-state index in [-0.39, 0.29) is 18.8 Å². The van der Waals surface area contributed by atoms with Gasteiger partial charge in [0.1, 0.15) is 0 Å². The second-order valence-electron chi connectivity index (χ2n) is 5.52. The van der Waals surface area contributed by atoms with Crippen molar-refractivity contribution in [2.45, 2.75) is 44.9 Å². The molecule has 3 unspecified atom stereocenters. The quantitative estimate of drug-likeness (QED) is 0.846. The number of aliphatic hydroxyl groups is 1. The van der Waals surface area contributed by atoms with Gasteiger partial charge in [-0.2, -0.15) is 13.2 Å². The molecule has 1 aromatic carbocycles. The molecule has 3 atom stereocenters. The first-order valence-corrected chi connectivity index (χ1v) is 6.69. The molecule has 4 heteroatoms. The van der Waals surface area contributed by atoms with Crippen molar-refractivity contribution in [2.75, 3.05) is 0 Å². The van der Waals surface area contributed by atoms with Crippen LogP contribution < -0.4 is 0 Å². The van der Waals surface area contributed by atoms with Crippen LogP contribution in [0.15, 0.2) is 24.3 Å². The van der Waals surface area contributed by atoms with Gasteiger partial charge in [0.15, 0.2) is 0 Å². The van der Waals surface area contributed by atoms with E-state index >= 15 is 0 Å². The Morgan fingerprint density at radius 2 is 1.79 bits per heavy atom. The van der Waals surface area contributed by atoms with E-state index in [4.69, 9.17) is 0 Å². The molecular formula is C15H19F3O. The Kier molecular flexibility index (Phi) is 4.19. The lowest BCUT2D eigenvalue weighted by Gasteiger charge is -2.33. The number of aliphatic hydroxyl groups excluding tert-OH is 1. The molecule has 1 fully saturated rings. The third kappa shape index (κ3) is 3.50. The van der Waals surface area contributed by atoms with Gasteiger partial charge >= 0.3 is 6.18 Å². The van der Waals surface area contributed by atoms with Gasteiger partial charge in [-0.3, -0.25) is 0 Å². The van der Waals surface area contributed by atoms with Crippen molar-refractivity contribution in [3.05, 3.63) is 35.4 Å². The molecule has 0 amide bonds. The van der Waals surface area contributed by atoms with E-state index in [0.717, 1.165) is 11.1 Å². The summed E-state index contributed by atoms with van der Waals surface area (Å²) in [6.45, 7) is 1.94. The highest BCUT2D eigenvalue weighted by molar-refractivity contribution is 5.23. The van der Waals surface area contributed by atoms with Crippen molar-refractivity contribution in [3.8, 4) is 0 Å². The van der Waals surface area contributed by atoms with Crippen LogP contribution in [0.4, 0.5) is 13.2 Å². The van der Waals surface area contributed by atoms with Gasteiger partial charge in [-0.05, 0) is 37.7 Å². The molecular weight excluding hydrogens is 253 g/mol. The number of aryl methyl sites for hydroxylation is 1. The number of alkyl halides is 3. The SMILES string of the molecule is Cc1ccc(C(O)C2CCCC(C(F)(F)F)C2)cc1. The smallest absolute Gasteiger partial charge is 0.388 e. The molecule has 1 aliphatic rings. The molecule has 106 valence electrons. The summed E-state index contributed by atoms with van der Waals surface area (Å²) in [5, 5.41) is 10.3. The van der Waals surface area contributed by atoms with E-state index in [1.165, 1.54) is 0 Å². The van der Waals surface area contributed by atoms with Crippen molar-refractivity contribution in [1.82, 2.24) is 0 Å². The van der Waals surface area contributed by atoms with Crippen molar-refractivity contribution in [2.24, 2.45) is 11.8 Å². The fourth-order valence-corrected chi connectivity index (χ4v) is 2.85. The van der Waals surface area contributed by atoms with Crippen LogP contribution in [0.1, 0.15) is 42.9 Å². The second-order valence-corrected chi connectivity index (χ2v) is 5.52. The summed E-state index contributed by atoms with van der Waals surface area (Å²) in [4.78, 5) is 0. The average molecular weight is 272 g/mol. The third-order valence-electron chi connectivity index (χ3n) is 4.04. The number of benzene rings is 1. The van der Waals surface area contributed by atoms with Crippen LogP contribution in [-0.2, 0) is 0 Å². The predicted octanol–water partition coefficient (Wildman–Crippen LogP) is 4.40. The Balaban J connectivity index is 2.06. The van der Waals surface area contributed by atoms with Crippen LogP contribution >= 0.6 is 0 Å². The minimum atomic E-state index is -4.13. The molecule has 0 aliphatic heterocycles. The highest BCUT2D eigenvalue weighted by Gasteiger charge is 2.43. The molecule has 19 heavy (non-hydrogen) atoms. The van der Waals surface area contributed by atoms with Gasteiger partial charge in [0.05, 0.1) is 12.0 Å². The van der Waals surface area contributed by atoms with Gasteiger partial charge in [0.2, 0.25) is 0 Å². The third-order valence-corrected chi connectivity index (χ3v) is 4.04. The molecule has 0 saturated heterocycles. The van der Waals surface area contributed by atoms with E-state index in [2.05, 4.69) is 0 Å². The van der Waals surface area contributed by atoms with Crippen LogP contribution in [0.5, 0.6) is 0 Å². The largest absolute Gasteiger partial charge is 0.391 e. The molecule has 1 saturated carbocycles. The van der Waals surface area contributed by atoms with E-state index < -0.39 is 18.2 Å². The van der Waals surface area contributed by atoms with Crippen molar-refractivity contribution >= 4 is 0 Å². The molecule has 0 aromatic heterocycles. The van der Waals surface area contributed by atoms with Gasteiger partial charge in [-0.1, -0.05) is 36.2 Å². The van der Waals surface area contributed by atoms with Crippen LogP contribution in [0.3, 0.4) is 0 Å². The lowest BCUT2D eigenvalue weighted by molar-refractivity contribution is -0.189. The topological polar surface area (TPSA) is 20.2 Å². The van der Waals surface area contributed by atoms with Crippen LogP contribution in [0.2, 0.25) is 0 Å². The molecule has 1 N–H and O–H groups in total. The normalized spacial score (nSPS) is 26.2. The maximum absolute atomic E-state index is 12.8. The zero-order valence-electron chi connectivity index (χ0n) is 11.0.